The molecule has 0 aromatic carbocycles. The number of allylic oxidation sites excluding steroid dienone is 1. The lowest BCUT2D eigenvalue weighted by Crippen LogP contribution is -2.21. The molecule has 1 nitrogen and oxygen atoms in total. The Kier molecular flexibility index (Phi) is 8.85. The van der Waals surface area contributed by atoms with E-state index in [1.54, 1.807) is 0 Å². The van der Waals surface area contributed by atoms with Crippen molar-refractivity contribution < 1.29 is 0 Å². The van der Waals surface area contributed by atoms with Crippen molar-refractivity contribution in [2.45, 2.75) is 64.8 Å². The molecule has 0 amide bonds. The van der Waals surface area contributed by atoms with Crippen molar-refractivity contribution in [3.63, 3.8) is 0 Å². The Bertz CT molecular complexity index is 343. The molecule has 0 spiro atoms. The molecule has 1 aromatic rings. The molecule has 1 aromatic heterocycles. The van der Waals surface area contributed by atoms with E-state index in [-0.39, 0.29) is 0 Å². The van der Waals surface area contributed by atoms with Crippen molar-refractivity contribution in [3.05, 3.63) is 34.5 Å². The standard InChI is InChI=1S/C17H29NS/c1-4-7-8-9-10-11-16(18-14-5-2)17-13-12-15(6-3)19-17/h4,12-13,16,18H,1,5-11,14H2,2-3H3. The smallest absolute Gasteiger partial charge is 0.0414 e. The number of rotatable bonds is 11. The van der Waals surface area contributed by atoms with Gasteiger partial charge in [-0.05, 0) is 50.8 Å². The highest BCUT2D eigenvalue weighted by atomic mass is 32.1. The Hall–Kier alpha value is -0.600. The van der Waals surface area contributed by atoms with E-state index in [0.717, 1.165) is 19.4 Å². The topological polar surface area (TPSA) is 12.0 Å². The zero-order valence-corrected chi connectivity index (χ0v) is 13.4. The summed E-state index contributed by atoms with van der Waals surface area (Å²) in [5.74, 6) is 0. The lowest BCUT2D eigenvalue weighted by molar-refractivity contribution is 0.478. The number of hydrogen-bond donors (Lipinski definition) is 1. The lowest BCUT2D eigenvalue weighted by Gasteiger charge is -2.17. The lowest BCUT2D eigenvalue weighted by atomic mass is 10.1. The molecule has 0 radical (unpaired) electrons. The van der Waals surface area contributed by atoms with E-state index in [1.807, 2.05) is 17.4 Å². The normalized spacial score (nSPS) is 12.5. The monoisotopic (exact) mass is 279 g/mol. The third-order valence-corrected chi connectivity index (χ3v) is 4.76. The first-order valence-corrected chi connectivity index (χ1v) is 8.56. The van der Waals surface area contributed by atoms with Gasteiger partial charge in [0.2, 0.25) is 0 Å². The van der Waals surface area contributed by atoms with Gasteiger partial charge in [-0.25, -0.2) is 0 Å². The van der Waals surface area contributed by atoms with Crippen LogP contribution in [0.1, 0.15) is 68.2 Å². The van der Waals surface area contributed by atoms with E-state index in [1.165, 1.54) is 41.9 Å². The molecule has 19 heavy (non-hydrogen) atoms. The minimum atomic E-state index is 0.564. The average molecular weight is 279 g/mol. The number of thiophene rings is 1. The van der Waals surface area contributed by atoms with Gasteiger partial charge in [0.15, 0.2) is 0 Å². The summed E-state index contributed by atoms with van der Waals surface area (Å²) >= 11 is 1.98. The highest BCUT2D eigenvalue weighted by molar-refractivity contribution is 7.12. The van der Waals surface area contributed by atoms with E-state index in [2.05, 4.69) is 37.9 Å². The average Bonchev–Trinajstić information content (AvgIpc) is 2.90. The van der Waals surface area contributed by atoms with Crippen LogP contribution < -0.4 is 5.32 Å². The molecule has 108 valence electrons. The van der Waals surface area contributed by atoms with E-state index in [4.69, 9.17) is 0 Å². The molecule has 0 fully saturated rings. The number of hydrogen-bond acceptors (Lipinski definition) is 2. The fourth-order valence-corrected chi connectivity index (χ4v) is 3.31. The maximum absolute atomic E-state index is 3.78. The zero-order chi connectivity index (χ0) is 13.9. The second-order valence-corrected chi connectivity index (χ2v) is 6.29. The molecular weight excluding hydrogens is 250 g/mol. The first-order valence-electron chi connectivity index (χ1n) is 7.74. The van der Waals surface area contributed by atoms with Crippen LogP contribution in [0.15, 0.2) is 24.8 Å². The van der Waals surface area contributed by atoms with Crippen molar-refractivity contribution >= 4 is 11.3 Å². The van der Waals surface area contributed by atoms with Gasteiger partial charge in [0.1, 0.15) is 0 Å². The number of nitrogens with one attached hydrogen (secondary N) is 1. The molecule has 1 heterocycles. The van der Waals surface area contributed by atoms with Crippen LogP contribution in [0.3, 0.4) is 0 Å². The maximum atomic E-state index is 3.78. The summed E-state index contributed by atoms with van der Waals surface area (Å²) in [5.41, 5.74) is 0. The summed E-state index contributed by atoms with van der Waals surface area (Å²) in [6.45, 7) is 9.38. The summed E-state index contributed by atoms with van der Waals surface area (Å²) < 4.78 is 0. The molecule has 0 saturated carbocycles. The molecule has 1 rings (SSSR count). The summed E-state index contributed by atoms with van der Waals surface area (Å²) in [6, 6.07) is 5.17. The maximum Gasteiger partial charge on any atom is 0.0414 e. The first kappa shape index (κ1) is 16.5. The van der Waals surface area contributed by atoms with Crippen molar-refractivity contribution in [2.24, 2.45) is 0 Å². The SMILES string of the molecule is C=CCCCCCC(NCCC)c1ccc(CC)s1. The molecule has 0 bridgehead atoms. The predicted molar refractivity (Wildman–Crippen MR) is 88.0 cm³/mol. The molecule has 0 aliphatic heterocycles. The molecule has 1 N–H and O–H groups in total. The van der Waals surface area contributed by atoms with Gasteiger partial charge in [0.25, 0.3) is 0 Å². The Morgan fingerprint density at radius 1 is 1.26 bits per heavy atom. The largest absolute Gasteiger partial charge is 0.309 e. The van der Waals surface area contributed by atoms with Crippen LogP contribution >= 0.6 is 11.3 Å². The van der Waals surface area contributed by atoms with Crippen LogP contribution in [0, 0.1) is 0 Å². The third kappa shape index (κ3) is 6.40. The number of unbranched alkanes of at least 4 members (excludes halogenated alkanes) is 3. The van der Waals surface area contributed by atoms with E-state index < -0.39 is 0 Å². The van der Waals surface area contributed by atoms with Gasteiger partial charge >= 0.3 is 0 Å². The van der Waals surface area contributed by atoms with Gasteiger partial charge in [-0.2, -0.15) is 0 Å². The summed E-state index contributed by atoms with van der Waals surface area (Å²) in [5, 5.41) is 3.70. The molecule has 0 aliphatic carbocycles. The first-order chi connectivity index (χ1) is 9.31. The highest BCUT2D eigenvalue weighted by Gasteiger charge is 2.12. The fraction of sp³-hybridized carbons (Fsp3) is 0.647. The molecule has 2 heteroatoms. The van der Waals surface area contributed by atoms with Gasteiger partial charge in [0, 0.05) is 15.8 Å². The highest BCUT2D eigenvalue weighted by Crippen LogP contribution is 2.27. The zero-order valence-electron chi connectivity index (χ0n) is 12.6. The minimum absolute atomic E-state index is 0.564. The van der Waals surface area contributed by atoms with Crippen LogP contribution in [-0.2, 0) is 6.42 Å². The molecule has 1 atom stereocenters. The molecule has 0 aliphatic rings. The van der Waals surface area contributed by atoms with Crippen molar-refractivity contribution in [2.75, 3.05) is 6.54 Å². The fourth-order valence-electron chi connectivity index (χ4n) is 2.25. The van der Waals surface area contributed by atoms with E-state index >= 15 is 0 Å². The van der Waals surface area contributed by atoms with Gasteiger partial charge in [-0.1, -0.05) is 32.8 Å². The van der Waals surface area contributed by atoms with E-state index in [0.29, 0.717) is 6.04 Å². The van der Waals surface area contributed by atoms with Crippen molar-refractivity contribution in [1.29, 1.82) is 0 Å². The second kappa shape index (κ2) is 10.2. The third-order valence-electron chi connectivity index (χ3n) is 3.42. The predicted octanol–water partition coefficient (Wildman–Crippen LogP) is 5.49. The Morgan fingerprint density at radius 3 is 2.74 bits per heavy atom. The molecule has 1 unspecified atom stereocenters. The van der Waals surface area contributed by atoms with Crippen molar-refractivity contribution in [1.82, 2.24) is 5.32 Å². The Balaban J connectivity index is 2.43. The van der Waals surface area contributed by atoms with Crippen molar-refractivity contribution in [3.8, 4) is 0 Å². The van der Waals surface area contributed by atoms with Crippen LogP contribution in [0.4, 0.5) is 0 Å². The quantitative estimate of drug-likeness (QED) is 0.417. The van der Waals surface area contributed by atoms with Crippen LogP contribution in [0.2, 0.25) is 0 Å². The minimum Gasteiger partial charge on any atom is -0.309 e. The van der Waals surface area contributed by atoms with E-state index in [9.17, 15) is 0 Å². The summed E-state index contributed by atoms with van der Waals surface area (Å²) in [4.78, 5) is 3.03. The second-order valence-electron chi connectivity index (χ2n) is 5.09. The Morgan fingerprint density at radius 2 is 2.11 bits per heavy atom. The van der Waals surface area contributed by atoms with Gasteiger partial charge in [-0.3, -0.25) is 0 Å². The van der Waals surface area contributed by atoms with Crippen LogP contribution in [0.25, 0.3) is 0 Å². The Labute approximate surface area is 123 Å². The summed E-state index contributed by atoms with van der Waals surface area (Å²) in [7, 11) is 0. The number of aryl methyl sites for hydroxylation is 1. The molecular formula is C17H29NS. The van der Waals surface area contributed by atoms with Gasteiger partial charge in [-0.15, -0.1) is 17.9 Å². The van der Waals surface area contributed by atoms with Gasteiger partial charge < -0.3 is 5.32 Å². The molecule has 0 saturated heterocycles. The summed E-state index contributed by atoms with van der Waals surface area (Å²) in [6.07, 6.45) is 10.7. The van der Waals surface area contributed by atoms with Crippen LogP contribution in [0.5, 0.6) is 0 Å². The van der Waals surface area contributed by atoms with Crippen LogP contribution in [-0.4, -0.2) is 6.54 Å². The van der Waals surface area contributed by atoms with Gasteiger partial charge in [0.05, 0.1) is 0 Å².